The van der Waals surface area contributed by atoms with Crippen molar-refractivity contribution in [2.45, 2.75) is 18.2 Å². The van der Waals surface area contributed by atoms with Crippen molar-refractivity contribution in [2.24, 2.45) is 0 Å². The molecule has 122 valence electrons. The molecule has 0 radical (unpaired) electrons. The average Bonchev–Trinajstić information content (AvgIpc) is 2.70. The van der Waals surface area contributed by atoms with Gasteiger partial charge in [0.1, 0.15) is 10.6 Å². The Morgan fingerprint density at radius 2 is 1.95 bits per heavy atom. The number of nitro benzene ring substituents is 1. The molecule has 0 bridgehead atoms. The average molecular weight is 327 g/mol. The van der Waals surface area contributed by atoms with Crippen LogP contribution in [-0.2, 0) is 9.84 Å². The number of anilines is 1. The van der Waals surface area contributed by atoms with Gasteiger partial charge in [0, 0.05) is 25.9 Å². The topological polar surface area (TPSA) is 83.8 Å². The Hall–Kier alpha value is -1.67. The molecule has 1 aliphatic heterocycles. The van der Waals surface area contributed by atoms with Gasteiger partial charge in [-0.25, -0.2) is 8.42 Å². The molecular formula is C14H21N3O4S. The molecule has 0 aliphatic carbocycles. The molecule has 0 N–H and O–H groups in total. The van der Waals surface area contributed by atoms with Crippen molar-refractivity contribution in [3.8, 4) is 0 Å². The van der Waals surface area contributed by atoms with E-state index in [4.69, 9.17) is 0 Å². The first-order valence-electron chi connectivity index (χ1n) is 7.29. The fraction of sp³-hybridized carbons (Fsp3) is 0.571. The number of nitro groups is 1. The van der Waals surface area contributed by atoms with Gasteiger partial charge in [-0.3, -0.25) is 10.1 Å². The Morgan fingerprint density at radius 3 is 2.55 bits per heavy atom. The van der Waals surface area contributed by atoms with E-state index in [1.807, 2.05) is 4.90 Å². The van der Waals surface area contributed by atoms with E-state index < -0.39 is 14.8 Å². The summed E-state index contributed by atoms with van der Waals surface area (Å²) in [5, 5.41) is 11.4. The van der Waals surface area contributed by atoms with Crippen molar-refractivity contribution in [2.75, 3.05) is 43.9 Å². The van der Waals surface area contributed by atoms with Gasteiger partial charge in [0.05, 0.1) is 4.92 Å². The van der Waals surface area contributed by atoms with Crippen molar-refractivity contribution in [3.63, 3.8) is 0 Å². The largest absolute Gasteiger partial charge is 0.365 e. The first-order valence-corrected chi connectivity index (χ1v) is 9.18. The maximum Gasteiger partial charge on any atom is 0.311 e. The van der Waals surface area contributed by atoms with Crippen LogP contribution < -0.4 is 4.90 Å². The van der Waals surface area contributed by atoms with Crippen LogP contribution in [0.4, 0.5) is 11.4 Å². The van der Waals surface area contributed by atoms with E-state index in [-0.39, 0.29) is 10.6 Å². The lowest BCUT2D eigenvalue weighted by molar-refractivity contribution is -0.387. The molecule has 22 heavy (non-hydrogen) atoms. The Labute approximate surface area is 130 Å². The van der Waals surface area contributed by atoms with Gasteiger partial charge in [-0.1, -0.05) is 13.0 Å². The van der Waals surface area contributed by atoms with Gasteiger partial charge < -0.3 is 9.80 Å². The first kappa shape index (κ1) is 16.7. The highest BCUT2D eigenvalue weighted by Gasteiger charge is 2.29. The number of rotatable bonds is 4. The van der Waals surface area contributed by atoms with E-state index in [1.165, 1.54) is 6.07 Å². The van der Waals surface area contributed by atoms with Crippen LogP contribution in [0.15, 0.2) is 23.1 Å². The second-order valence-corrected chi connectivity index (χ2v) is 7.41. The summed E-state index contributed by atoms with van der Waals surface area (Å²) in [4.78, 5) is 14.8. The first-order chi connectivity index (χ1) is 10.3. The molecule has 1 aromatic carbocycles. The molecule has 0 aromatic heterocycles. The van der Waals surface area contributed by atoms with E-state index >= 15 is 0 Å². The highest BCUT2D eigenvalue weighted by Crippen LogP contribution is 2.35. The molecule has 0 spiro atoms. The molecular weight excluding hydrogens is 306 g/mol. The van der Waals surface area contributed by atoms with Gasteiger partial charge >= 0.3 is 5.69 Å². The zero-order chi connectivity index (χ0) is 16.3. The van der Waals surface area contributed by atoms with Crippen LogP contribution in [0, 0.1) is 10.1 Å². The standard InChI is InChI=1S/C14H21N3O4S/c1-3-15-8-5-9-16(11-10-15)12-6-4-7-13(22(2,20)21)14(12)17(18)19/h4,6-7H,3,5,8-11H2,1-2H3. The number of hydrogen-bond donors (Lipinski definition) is 0. The third-order valence-corrected chi connectivity index (χ3v) is 5.06. The van der Waals surface area contributed by atoms with Crippen molar-refractivity contribution in [1.29, 1.82) is 0 Å². The Bertz CT molecular complexity index is 660. The van der Waals surface area contributed by atoms with Crippen LogP contribution in [0.5, 0.6) is 0 Å². The van der Waals surface area contributed by atoms with Gasteiger partial charge in [-0.15, -0.1) is 0 Å². The monoisotopic (exact) mass is 327 g/mol. The number of likely N-dealkylation sites (N-methyl/N-ethyl adjacent to an activating group) is 1. The van der Waals surface area contributed by atoms with Crippen LogP contribution in [0.1, 0.15) is 13.3 Å². The fourth-order valence-electron chi connectivity index (χ4n) is 2.78. The summed E-state index contributed by atoms with van der Waals surface area (Å²) in [6, 6.07) is 4.50. The molecule has 1 aliphatic rings. The van der Waals surface area contributed by atoms with E-state index in [9.17, 15) is 18.5 Å². The van der Waals surface area contributed by atoms with Crippen LogP contribution >= 0.6 is 0 Å². The van der Waals surface area contributed by atoms with Gasteiger partial charge in [-0.2, -0.15) is 0 Å². The maximum atomic E-state index is 11.8. The van der Waals surface area contributed by atoms with Crippen molar-refractivity contribution < 1.29 is 13.3 Å². The van der Waals surface area contributed by atoms with Crippen LogP contribution in [0.25, 0.3) is 0 Å². The summed E-state index contributed by atoms with van der Waals surface area (Å²) in [6.45, 7) is 6.14. The summed E-state index contributed by atoms with van der Waals surface area (Å²) < 4.78 is 23.7. The summed E-state index contributed by atoms with van der Waals surface area (Å²) in [5.41, 5.74) is 0.0841. The lowest BCUT2D eigenvalue weighted by atomic mass is 10.2. The molecule has 1 heterocycles. The predicted octanol–water partition coefficient (Wildman–Crippen LogP) is 1.53. The quantitative estimate of drug-likeness (QED) is 0.616. The summed E-state index contributed by atoms with van der Waals surface area (Å²) >= 11 is 0. The van der Waals surface area contributed by atoms with E-state index in [0.29, 0.717) is 18.8 Å². The zero-order valence-electron chi connectivity index (χ0n) is 12.9. The van der Waals surface area contributed by atoms with Crippen molar-refractivity contribution >= 4 is 21.2 Å². The SMILES string of the molecule is CCN1CCCN(c2cccc(S(C)(=O)=O)c2[N+](=O)[O-])CC1. The van der Waals surface area contributed by atoms with Gasteiger partial charge in [0.2, 0.25) is 0 Å². The van der Waals surface area contributed by atoms with E-state index in [0.717, 1.165) is 32.3 Å². The minimum atomic E-state index is -3.64. The lowest BCUT2D eigenvalue weighted by Gasteiger charge is -2.23. The Kier molecular flexibility index (Phi) is 5.02. The van der Waals surface area contributed by atoms with Crippen LogP contribution in [-0.4, -0.2) is 57.2 Å². The molecule has 8 heteroatoms. The summed E-state index contributed by atoms with van der Waals surface area (Å²) in [7, 11) is -3.64. The third-order valence-electron chi connectivity index (χ3n) is 3.94. The number of benzene rings is 1. The minimum Gasteiger partial charge on any atom is -0.365 e. The van der Waals surface area contributed by atoms with Gasteiger partial charge in [0.15, 0.2) is 9.84 Å². The summed E-state index contributed by atoms with van der Waals surface area (Å²) in [5.74, 6) is 0. The summed E-state index contributed by atoms with van der Waals surface area (Å²) in [6.07, 6.45) is 1.90. The Balaban J connectivity index is 2.45. The highest BCUT2D eigenvalue weighted by molar-refractivity contribution is 7.90. The predicted molar refractivity (Wildman–Crippen MR) is 85.2 cm³/mol. The number of hydrogen-bond acceptors (Lipinski definition) is 6. The molecule has 0 saturated carbocycles. The molecule has 2 rings (SSSR count). The molecule has 0 unspecified atom stereocenters. The van der Waals surface area contributed by atoms with Crippen LogP contribution in [0.2, 0.25) is 0 Å². The molecule has 0 amide bonds. The van der Waals surface area contributed by atoms with Gasteiger partial charge in [-0.05, 0) is 31.6 Å². The fourth-order valence-corrected chi connectivity index (χ4v) is 3.63. The maximum absolute atomic E-state index is 11.8. The molecule has 7 nitrogen and oxygen atoms in total. The lowest BCUT2D eigenvalue weighted by Crippen LogP contribution is -2.31. The zero-order valence-corrected chi connectivity index (χ0v) is 13.7. The minimum absolute atomic E-state index is 0.216. The number of sulfone groups is 1. The number of nitrogens with zero attached hydrogens (tertiary/aromatic N) is 3. The second kappa shape index (κ2) is 6.62. The number of para-hydroxylation sites is 1. The van der Waals surface area contributed by atoms with Crippen molar-refractivity contribution in [3.05, 3.63) is 28.3 Å². The highest BCUT2D eigenvalue weighted by atomic mass is 32.2. The molecule has 1 saturated heterocycles. The molecule has 1 fully saturated rings. The molecule has 0 atom stereocenters. The van der Waals surface area contributed by atoms with E-state index in [2.05, 4.69) is 11.8 Å². The van der Waals surface area contributed by atoms with E-state index in [1.54, 1.807) is 12.1 Å². The normalized spacial score (nSPS) is 17.3. The smallest absolute Gasteiger partial charge is 0.311 e. The van der Waals surface area contributed by atoms with Crippen LogP contribution in [0.3, 0.4) is 0 Å². The Morgan fingerprint density at radius 1 is 1.23 bits per heavy atom. The molecule has 1 aromatic rings. The van der Waals surface area contributed by atoms with Crippen molar-refractivity contribution in [1.82, 2.24) is 4.90 Å². The van der Waals surface area contributed by atoms with Gasteiger partial charge in [0.25, 0.3) is 0 Å². The second-order valence-electron chi connectivity index (χ2n) is 5.43. The third kappa shape index (κ3) is 3.56.